The average Bonchev–Trinajstić information content (AvgIpc) is 3.48. The molecule has 0 aliphatic carbocycles. The number of piperidine rings is 1. The molecule has 5 heterocycles. The molecule has 1 aromatic carbocycles. The number of likely N-dealkylation sites (tertiary alicyclic amines) is 1. The molecule has 1 N–H and O–H groups in total. The molecule has 6 rings (SSSR count). The molecule has 39 heavy (non-hydrogen) atoms. The van der Waals surface area contributed by atoms with E-state index >= 15 is 13.2 Å². The van der Waals surface area contributed by atoms with Gasteiger partial charge in [0.15, 0.2) is 5.82 Å². The maximum Gasteiger partial charge on any atom is 0.280 e. The Morgan fingerprint density at radius 2 is 2.08 bits per heavy atom. The SMILES string of the molecule is [2H]C1(N2CC[C@@H](Nc3nc(OC)c4c(-c5ccc6nnn(C(CF)CF)c6c5)c(F)cn4n3)C(F)(F)C2)COC1. The monoisotopic (exact) mass is 553 g/mol. The van der Waals surface area contributed by atoms with Crippen LogP contribution in [0.15, 0.2) is 24.4 Å². The highest BCUT2D eigenvalue weighted by molar-refractivity contribution is 5.89. The van der Waals surface area contributed by atoms with Crippen LogP contribution < -0.4 is 10.1 Å². The summed E-state index contributed by atoms with van der Waals surface area (Å²) in [6.45, 7) is -2.22. The van der Waals surface area contributed by atoms with Gasteiger partial charge >= 0.3 is 0 Å². The van der Waals surface area contributed by atoms with Gasteiger partial charge in [0.25, 0.3) is 5.92 Å². The largest absolute Gasteiger partial charge is 0.479 e. The van der Waals surface area contributed by atoms with Gasteiger partial charge in [-0.05, 0) is 24.1 Å². The van der Waals surface area contributed by atoms with Crippen LogP contribution in [0.25, 0.3) is 27.7 Å². The van der Waals surface area contributed by atoms with Gasteiger partial charge in [0.05, 0.1) is 57.6 Å². The van der Waals surface area contributed by atoms with E-state index in [9.17, 15) is 8.78 Å². The van der Waals surface area contributed by atoms with Crippen LogP contribution in [-0.2, 0) is 4.74 Å². The molecule has 2 saturated heterocycles. The Balaban J connectivity index is 1.33. The van der Waals surface area contributed by atoms with E-state index < -0.39 is 49.7 Å². The molecule has 15 heteroatoms. The standard InChI is InChI=1S/C24H25F5N8O2/c1-38-22-21-20(13-2-3-17-18(6-13)37(34-32-17)14(7-25)8-26)16(27)9-36(21)33-23(31-22)30-19-4-5-35(12-24(19,28)29)15-10-39-11-15/h2-3,6,9,14-15,19H,4-5,7-8,10-12H2,1H3,(H,30,33)/t19-/m1/s1/i15D. The molecule has 2 aliphatic rings. The van der Waals surface area contributed by atoms with Gasteiger partial charge < -0.3 is 14.8 Å². The number of hydrogen-bond acceptors (Lipinski definition) is 8. The number of anilines is 1. The zero-order valence-electron chi connectivity index (χ0n) is 21.8. The van der Waals surface area contributed by atoms with Crippen LogP contribution in [-0.4, -0.2) is 99.2 Å². The number of methoxy groups -OCH3 is 1. The Hall–Kier alpha value is -3.59. The third-order valence-electron chi connectivity index (χ3n) is 7.10. The van der Waals surface area contributed by atoms with Crippen molar-refractivity contribution in [3.63, 3.8) is 0 Å². The number of fused-ring (bicyclic) bond motifs is 2. The minimum atomic E-state index is -3.20. The fraction of sp³-hybridized carbons (Fsp3) is 0.500. The van der Waals surface area contributed by atoms with Crippen molar-refractivity contribution in [3.05, 3.63) is 30.2 Å². The van der Waals surface area contributed by atoms with Crippen molar-refractivity contribution in [2.75, 3.05) is 52.1 Å². The van der Waals surface area contributed by atoms with Gasteiger partial charge in [0.1, 0.15) is 30.4 Å². The molecule has 4 aromatic rings. The van der Waals surface area contributed by atoms with Crippen LogP contribution in [0.1, 0.15) is 13.8 Å². The molecule has 2 aliphatic heterocycles. The second kappa shape index (κ2) is 9.86. The van der Waals surface area contributed by atoms with E-state index in [4.69, 9.17) is 10.8 Å². The minimum absolute atomic E-state index is 0.0170. The number of halogens is 5. The number of ether oxygens (including phenoxy) is 2. The van der Waals surface area contributed by atoms with E-state index in [1.165, 1.54) is 18.1 Å². The first-order chi connectivity index (χ1) is 19.2. The van der Waals surface area contributed by atoms with E-state index in [0.717, 1.165) is 15.4 Å². The highest BCUT2D eigenvalue weighted by atomic mass is 19.3. The number of nitrogens with one attached hydrogen (secondary N) is 1. The molecule has 208 valence electrons. The normalized spacial score (nSPS) is 21.3. The summed E-state index contributed by atoms with van der Waals surface area (Å²) in [5.74, 6) is -4.18. The van der Waals surface area contributed by atoms with Crippen molar-refractivity contribution < 1.29 is 32.8 Å². The van der Waals surface area contributed by atoms with E-state index in [2.05, 4.69) is 25.7 Å². The summed E-state index contributed by atoms with van der Waals surface area (Å²) in [6.07, 6.45) is 1.08. The lowest BCUT2D eigenvalue weighted by Crippen LogP contribution is -2.61. The van der Waals surface area contributed by atoms with Crippen molar-refractivity contribution in [1.82, 2.24) is 34.5 Å². The van der Waals surface area contributed by atoms with Crippen molar-refractivity contribution in [3.8, 4) is 17.0 Å². The van der Waals surface area contributed by atoms with Gasteiger partial charge in [0.2, 0.25) is 11.8 Å². The predicted octanol–water partition coefficient (Wildman–Crippen LogP) is 3.29. The van der Waals surface area contributed by atoms with Crippen molar-refractivity contribution in [2.24, 2.45) is 0 Å². The number of aromatic nitrogens is 6. The molecule has 1 atom stereocenters. The molecule has 3 aromatic heterocycles. The van der Waals surface area contributed by atoms with Crippen LogP contribution in [0.2, 0.25) is 0 Å². The molecule has 0 radical (unpaired) electrons. The fourth-order valence-electron chi connectivity index (χ4n) is 4.95. The lowest BCUT2D eigenvalue weighted by Gasteiger charge is -2.44. The van der Waals surface area contributed by atoms with E-state index in [1.54, 1.807) is 12.1 Å². The summed E-state index contributed by atoms with van der Waals surface area (Å²) in [5, 5.41) is 14.6. The first-order valence-corrected chi connectivity index (χ1v) is 12.2. The third-order valence-corrected chi connectivity index (χ3v) is 7.10. The van der Waals surface area contributed by atoms with Gasteiger partial charge in [0, 0.05) is 6.54 Å². The fourth-order valence-corrected chi connectivity index (χ4v) is 4.95. The summed E-state index contributed by atoms with van der Waals surface area (Å²) in [4.78, 5) is 5.64. The van der Waals surface area contributed by atoms with Gasteiger partial charge in [-0.1, -0.05) is 11.3 Å². The van der Waals surface area contributed by atoms with Gasteiger partial charge in [-0.15, -0.1) is 10.2 Å². The van der Waals surface area contributed by atoms with Crippen molar-refractivity contribution in [1.29, 1.82) is 0 Å². The highest BCUT2D eigenvalue weighted by Gasteiger charge is 2.47. The highest BCUT2D eigenvalue weighted by Crippen LogP contribution is 2.37. The molecule has 2 fully saturated rings. The van der Waals surface area contributed by atoms with Crippen molar-refractivity contribution >= 4 is 22.5 Å². The van der Waals surface area contributed by atoms with E-state index in [1.807, 2.05) is 0 Å². The topological polar surface area (TPSA) is 94.6 Å². The average molecular weight is 554 g/mol. The summed E-state index contributed by atoms with van der Waals surface area (Å²) >= 11 is 0. The van der Waals surface area contributed by atoms with Crippen LogP contribution in [0, 0.1) is 5.82 Å². The zero-order valence-corrected chi connectivity index (χ0v) is 20.8. The smallest absolute Gasteiger partial charge is 0.280 e. The number of nitrogens with zero attached hydrogens (tertiary/aromatic N) is 7. The lowest BCUT2D eigenvalue weighted by molar-refractivity contribution is -0.131. The summed E-state index contributed by atoms with van der Waals surface area (Å²) in [7, 11) is 1.30. The second-order valence-electron chi connectivity index (χ2n) is 9.52. The van der Waals surface area contributed by atoms with Crippen LogP contribution in [0.5, 0.6) is 5.88 Å². The quantitative estimate of drug-likeness (QED) is 0.333. The first kappa shape index (κ1) is 24.5. The number of benzene rings is 1. The zero-order chi connectivity index (χ0) is 28.2. The molecule has 0 amide bonds. The Kier molecular flexibility index (Phi) is 6.18. The number of hydrogen-bond donors (Lipinski definition) is 1. The van der Waals surface area contributed by atoms with Crippen LogP contribution >= 0.6 is 0 Å². The molecule has 0 unspecified atom stereocenters. The molecular weight excluding hydrogens is 527 g/mol. The maximum absolute atomic E-state index is 15.4. The Morgan fingerprint density at radius 1 is 1.28 bits per heavy atom. The molecule has 0 spiro atoms. The predicted molar refractivity (Wildman–Crippen MR) is 130 cm³/mol. The number of alkyl halides is 4. The Bertz CT molecular complexity index is 1560. The molecule has 10 nitrogen and oxygen atoms in total. The molecule has 0 saturated carbocycles. The lowest BCUT2D eigenvalue weighted by atomic mass is 9.98. The van der Waals surface area contributed by atoms with Crippen molar-refractivity contribution in [2.45, 2.75) is 30.4 Å². The van der Waals surface area contributed by atoms with Gasteiger partial charge in [-0.25, -0.2) is 31.1 Å². The first-order valence-electron chi connectivity index (χ1n) is 12.7. The molecular formula is C24H25F5N8O2. The summed E-state index contributed by atoms with van der Waals surface area (Å²) in [5.41, 5.74) is 1.14. The van der Waals surface area contributed by atoms with E-state index in [-0.39, 0.29) is 49.1 Å². The Morgan fingerprint density at radius 3 is 2.74 bits per heavy atom. The second-order valence-corrected chi connectivity index (χ2v) is 9.52. The minimum Gasteiger partial charge on any atom is -0.479 e. The van der Waals surface area contributed by atoms with Gasteiger partial charge in [-0.3, -0.25) is 4.90 Å². The summed E-state index contributed by atoms with van der Waals surface area (Å²) < 4.78 is 93.2. The molecule has 0 bridgehead atoms. The third kappa shape index (κ3) is 4.42. The van der Waals surface area contributed by atoms with Crippen LogP contribution in [0.3, 0.4) is 0 Å². The Labute approximate surface area is 220 Å². The number of rotatable bonds is 8. The van der Waals surface area contributed by atoms with Crippen LogP contribution in [0.4, 0.5) is 27.9 Å². The maximum atomic E-state index is 15.4. The van der Waals surface area contributed by atoms with E-state index in [0.29, 0.717) is 16.6 Å². The van der Waals surface area contributed by atoms with Gasteiger partial charge in [-0.2, -0.15) is 4.98 Å². The summed E-state index contributed by atoms with van der Waals surface area (Å²) in [6, 6.07) is 0.940.